The van der Waals surface area contributed by atoms with Gasteiger partial charge in [0.2, 0.25) is 5.95 Å². The van der Waals surface area contributed by atoms with Crippen molar-refractivity contribution in [2.45, 2.75) is 39.8 Å². The highest BCUT2D eigenvalue weighted by molar-refractivity contribution is 5.86. The number of hydrogen-bond donors (Lipinski definition) is 3. The number of aromatic nitrogens is 6. The van der Waals surface area contributed by atoms with E-state index in [0.717, 1.165) is 11.3 Å². The van der Waals surface area contributed by atoms with Crippen molar-refractivity contribution in [1.29, 1.82) is 0 Å². The summed E-state index contributed by atoms with van der Waals surface area (Å²) in [5.74, 6) is 1.25. The van der Waals surface area contributed by atoms with Gasteiger partial charge >= 0.3 is 0 Å². The molecule has 0 saturated heterocycles. The minimum absolute atomic E-state index is 0.000454. The van der Waals surface area contributed by atoms with Gasteiger partial charge in [0.15, 0.2) is 17.0 Å². The van der Waals surface area contributed by atoms with Crippen LogP contribution in [0.15, 0.2) is 24.8 Å². The van der Waals surface area contributed by atoms with E-state index in [1.807, 2.05) is 18.4 Å². The summed E-state index contributed by atoms with van der Waals surface area (Å²) in [6.45, 7) is 8.21. The van der Waals surface area contributed by atoms with Crippen LogP contribution < -0.4 is 10.6 Å². The summed E-state index contributed by atoms with van der Waals surface area (Å²) in [5.41, 5.74) is 2.15. The molecule has 3 N–H and O–H groups in total. The molecule has 0 spiro atoms. The van der Waals surface area contributed by atoms with Gasteiger partial charge in [0.25, 0.3) is 0 Å². The monoisotopic (exact) mass is 356 g/mol. The lowest BCUT2D eigenvalue weighted by atomic mass is 10.1. The number of imidazole rings is 1. The highest BCUT2D eigenvalue weighted by Gasteiger charge is 2.18. The molecule has 3 heterocycles. The molecule has 0 fully saturated rings. The predicted molar refractivity (Wildman–Crippen MR) is 100 cm³/mol. The number of hydrogen-bond acceptors (Lipinski definition) is 8. The molecule has 0 aliphatic heterocycles. The lowest BCUT2D eigenvalue weighted by molar-refractivity contribution is 0.248. The van der Waals surface area contributed by atoms with E-state index in [1.54, 1.807) is 24.8 Å². The van der Waals surface area contributed by atoms with Gasteiger partial charge in [-0.05, 0) is 25.8 Å². The van der Waals surface area contributed by atoms with Crippen molar-refractivity contribution in [3.05, 3.63) is 24.8 Å². The van der Waals surface area contributed by atoms with E-state index in [0.29, 0.717) is 17.3 Å². The Morgan fingerprint density at radius 2 is 1.96 bits per heavy atom. The Morgan fingerprint density at radius 1 is 1.15 bits per heavy atom. The molecule has 0 aromatic carbocycles. The Bertz CT molecular complexity index is 862. The third kappa shape index (κ3) is 3.72. The molecule has 3 aromatic rings. The van der Waals surface area contributed by atoms with Crippen molar-refractivity contribution < 1.29 is 5.11 Å². The van der Waals surface area contributed by atoms with Crippen molar-refractivity contribution in [3.8, 4) is 0 Å². The zero-order valence-electron chi connectivity index (χ0n) is 15.4. The molecule has 3 rings (SSSR count). The molecule has 3 aromatic heterocycles. The van der Waals surface area contributed by atoms with Crippen LogP contribution in [-0.4, -0.2) is 47.5 Å². The van der Waals surface area contributed by atoms with Crippen LogP contribution >= 0.6 is 0 Å². The van der Waals surface area contributed by atoms with E-state index in [1.165, 1.54) is 0 Å². The maximum Gasteiger partial charge on any atom is 0.227 e. The van der Waals surface area contributed by atoms with Crippen LogP contribution in [0.5, 0.6) is 0 Å². The first-order chi connectivity index (χ1) is 12.5. The first kappa shape index (κ1) is 18.0. The van der Waals surface area contributed by atoms with E-state index < -0.39 is 0 Å². The minimum atomic E-state index is -0.140. The molecule has 138 valence electrons. The molecule has 9 heteroatoms. The van der Waals surface area contributed by atoms with Crippen LogP contribution in [-0.2, 0) is 0 Å². The van der Waals surface area contributed by atoms with Gasteiger partial charge in [-0.3, -0.25) is 0 Å². The number of anilines is 3. The molecule has 0 aliphatic carbocycles. The van der Waals surface area contributed by atoms with E-state index in [4.69, 9.17) is 0 Å². The topological polar surface area (TPSA) is 114 Å². The number of aliphatic hydroxyl groups excluding tert-OH is 1. The fourth-order valence-electron chi connectivity index (χ4n) is 2.54. The Kier molecular flexibility index (Phi) is 5.27. The molecule has 0 radical (unpaired) electrons. The van der Waals surface area contributed by atoms with Gasteiger partial charge in [0.05, 0.1) is 37.1 Å². The van der Waals surface area contributed by atoms with Crippen LogP contribution in [0, 0.1) is 5.92 Å². The van der Waals surface area contributed by atoms with E-state index in [2.05, 4.69) is 49.6 Å². The van der Waals surface area contributed by atoms with Gasteiger partial charge < -0.3 is 20.3 Å². The molecular weight excluding hydrogens is 332 g/mol. The van der Waals surface area contributed by atoms with Gasteiger partial charge in [-0.15, -0.1) is 0 Å². The van der Waals surface area contributed by atoms with E-state index in [9.17, 15) is 5.11 Å². The Hall–Kier alpha value is -2.81. The SMILES string of the molecule is CC(C)[C@@H](CO)Nc1nc(Nc2ccnnc2)c2ncn(C(C)C)c2n1. The molecule has 9 nitrogen and oxygen atoms in total. The first-order valence-electron chi connectivity index (χ1n) is 8.65. The Morgan fingerprint density at radius 3 is 2.58 bits per heavy atom. The largest absolute Gasteiger partial charge is 0.394 e. The third-order valence-corrected chi connectivity index (χ3v) is 4.14. The van der Waals surface area contributed by atoms with Crippen molar-refractivity contribution in [1.82, 2.24) is 29.7 Å². The fourth-order valence-corrected chi connectivity index (χ4v) is 2.54. The number of nitrogens with one attached hydrogen (secondary N) is 2. The number of nitrogens with zero attached hydrogens (tertiary/aromatic N) is 6. The molecule has 0 unspecified atom stereocenters. The predicted octanol–water partition coefficient (Wildman–Crippen LogP) is 2.37. The molecular formula is C17H24N8O. The zero-order valence-corrected chi connectivity index (χ0v) is 15.4. The maximum atomic E-state index is 9.61. The quantitative estimate of drug-likeness (QED) is 0.591. The first-order valence-corrected chi connectivity index (χ1v) is 8.65. The van der Waals surface area contributed by atoms with Crippen LogP contribution in [0.3, 0.4) is 0 Å². The van der Waals surface area contributed by atoms with Crippen LogP contribution in [0.4, 0.5) is 17.5 Å². The average molecular weight is 356 g/mol. The zero-order chi connectivity index (χ0) is 18.7. The number of rotatable bonds is 7. The molecule has 1 atom stereocenters. The Labute approximate surface area is 151 Å². The summed E-state index contributed by atoms with van der Waals surface area (Å²) in [5, 5.41) is 23.7. The summed E-state index contributed by atoms with van der Waals surface area (Å²) >= 11 is 0. The summed E-state index contributed by atoms with van der Waals surface area (Å²) in [6, 6.07) is 1.87. The van der Waals surface area contributed by atoms with Gasteiger partial charge in [-0.2, -0.15) is 20.2 Å². The molecule has 0 saturated carbocycles. The minimum Gasteiger partial charge on any atom is -0.394 e. The normalized spacial score (nSPS) is 12.7. The van der Waals surface area contributed by atoms with Crippen molar-refractivity contribution >= 4 is 28.6 Å². The number of fused-ring (bicyclic) bond motifs is 1. The van der Waals surface area contributed by atoms with E-state index in [-0.39, 0.29) is 24.6 Å². The highest BCUT2D eigenvalue weighted by Crippen LogP contribution is 2.26. The average Bonchev–Trinajstić information content (AvgIpc) is 3.04. The van der Waals surface area contributed by atoms with Crippen molar-refractivity contribution in [2.75, 3.05) is 17.2 Å². The maximum absolute atomic E-state index is 9.61. The highest BCUT2D eigenvalue weighted by atomic mass is 16.3. The summed E-state index contributed by atoms with van der Waals surface area (Å²) in [6.07, 6.45) is 4.98. The smallest absolute Gasteiger partial charge is 0.227 e. The molecule has 0 amide bonds. The summed E-state index contributed by atoms with van der Waals surface area (Å²) in [7, 11) is 0. The van der Waals surface area contributed by atoms with Crippen LogP contribution in [0.25, 0.3) is 11.2 Å². The third-order valence-electron chi connectivity index (χ3n) is 4.14. The molecule has 0 aliphatic rings. The van der Waals surface area contributed by atoms with Gasteiger partial charge in [0.1, 0.15) is 0 Å². The van der Waals surface area contributed by atoms with Gasteiger partial charge in [-0.25, -0.2) is 4.98 Å². The van der Waals surface area contributed by atoms with E-state index >= 15 is 0 Å². The summed E-state index contributed by atoms with van der Waals surface area (Å²) in [4.78, 5) is 13.7. The number of aliphatic hydroxyl groups is 1. The van der Waals surface area contributed by atoms with Crippen LogP contribution in [0.1, 0.15) is 33.7 Å². The molecule has 26 heavy (non-hydrogen) atoms. The second-order valence-corrected chi connectivity index (χ2v) is 6.75. The van der Waals surface area contributed by atoms with Gasteiger partial charge in [0, 0.05) is 6.04 Å². The second kappa shape index (κ2) is 7.61. The Balaban J connectivity index is 2.06. The summed E-state index contributed by atoms with van der Waals surface area (Å²) < 4.78 is 1.99. The van der Waals surface area contributed by atoms with Crippen molar-refractivity contribution in [3.63, 3.8) is 0 Å². The fraction of sp³-hybridized carbons (Fsp3) is 0.471. The molecule has 0 bridgehead atoms. The lowest BCUT2D eigenvalue weighted by Gasteiger charge is -2.20. The standard InChI is InChI=1S/C17H24N8O/c1-10(2)13(8-26)22-17-23-15(21-12-5-6-19-20-7-12)14-16(24-17)25(9-18-14)11(3)4/h5-7,9-11,13,26H,8H2,1-4H3,(H2,19,21,22,23,24)/t13-/m1/s1. The van der Waals surface area contributed by atoms with Crippen molar-refractivity contribution in [2.24, 2.45) is 5.92 Å². The van der Waals surface area contributed by atoms with Gasteiger partial charge in [-0.1, -0.05) is 13.8 Å². The lowest BCUT2D eigenvalue weighted by Crippen LogP contribution is -2.30. The van der Waals surface area contributed by atoms with Crippen LogP contribution in [0.2, 0.25) is 0 Å². The second-order valence-electron chi connectivity index (χ2n) is 6.75.